The van der Waals surface area contributed by atoms with Gasteiger partial charge in [0.25, 0.3) is 5.92 Å². The van der Waals surface area contributed by atoms with Gasteiger partial charge in [-0.25, -0.2) is 8.78 Å². The van der Waals surface area contributed by atoms with E-state index in [0.717, 1.165) is 16.6 Å². The maximum absolute atomic E-state index is 12.9. The minimum absolute atomic E-state index is 0.0158. The highest BCUT2D eigenvalue weighted by Gasteiger charge is 2.37. The third-order valence-corrected chi connectivity index (χ3v) is 3.62. The second-order valence-electron chi connectivity index (χ2n) is 4.51. The first-order chi connectivity index (χ1) is 8.57. The molecule has 1 saturated heterocycles. The standard InChI is InChI=1S/C13H16BrF2NO/c14-11-4-1-2-5-12(11)18-9-3-7-17-8-6-13(15,16)10-17/h1-2,4-5H,3,6-10H2. The molecule has 2 nitrogen and oxygen atoms in total. The highest BCUT2D eigenvalue weighted by Crippen LogP contribution is 2.27. The lowest BCUT2D eigenvalue weighted by atomic mass is 10.3. The maximum Gasteiger partial charge on any atom is 0.261 e. The molecular weight excluding hydrogens is 304 g/mol. The fourth-order valence-corrected chi connectivity index (χ4v) is 2.43. The van der Waals surface area contributed by atoms with Crippen molar-refractivity contribution in [2.24, 2.45) is 0 Å². The molecule has 18 heavy (non-hydrogen) atoms. The second-order valence-corrected chi connectivity index (χ2v) is 5.37. The molecule has 0 aromatic heterocycles. The maximum atomic E-state index is 12.9. The normalized spacial score (nSPS) is 19.1. The Kier molecular flexibility index (Phi) is 4.56. The lowest BCUT2D eigenvalue weighted by molar-refractivity contribution is 0.0119. The van der Waals surface area contributed by atoms with Crippen LogP contribution < -0.4 is 4.74 Å². The first-order valence-electron chi connectivity index (χ1n) is 6.04. The Bertz CT molecular complexity index is 400. The van der Waals surface area contributed by atoms with Crippen molar-refractivity contribution in [2.45, 2.75) is 18.8 Å². The van der Waals surface area contributed by atoms with Crippen LogP contribution in [-0.4, -0.2) is 37.1 Å². The van der Waals surface area contributed by atoms with Crippen molar-refractivity contribution in [3.05, 3.63) is 28.7 Å². The van der Waals surface area contributed by atoms with Crippen LogP contribution in [0.3, 0.4) is 0 Å². The monoisotopic (exact) mass is 319 g/mol. The summed E-state index contributed by atoms with van der Waals surface area (Å²) in [5, 5.41) is 0. The van der Waals surface area contributed by atoms with Gasteiger partial charge in [-0.3, -0.25) is 4.90 Å². The Labute approximate surface area is 114 Å². The molecule has 0 atom stereocenters. The Morgan fingerprint density at radius 2 is 2.11 bits per heavy atom. The van der Waals surface area contributed by atoms with Gasteiger partial charge in [0, 0.05) is 19.5 Å². The minimum Gasteiger partial charge on any atom is -0.492 e. The molecule has 1 aliphatic rings. The summed E-state index contributed by atoms with van der Waals surface area (Å²) >= 11 is 3.39. The van der Waals surface area contributed by atoms with Crippen LogP contribution >= 0.6 is 15.9 Å². The Morgan fingerprint density at radius 1 is 1.33 bits per heavy atom. The van der Waals surface area contributed by atoms with Gasteiger partial charge < -0.3 is 4.74 Å². The third-order valence-electron chi connectivity index (χ3n) is 2.96. The summed E-state index contributed by atoms with van der Waals surface area (Å²) in [6.45, 7) is 1.59. The van der Waals surface area contributed by atoms with E-state index < -0.39 is 5.92 Å². The molecule has 5 heteroatoms. The topological polar surface area (TPSA) is 12.5 Å². The molecule has 0 spiro atoms. The number of halogens is 3. The zero-order chi connectivity index (χ0) is 13.0. The van der Waals surface area contributed by atoms with E-state index in [1.807, 2.05) is 24.3 Å². The smallest absolute Gasteiger partial charge is 0.261 e. The molecule has 1 fully saturated rings. The lowest BCUT2D eigenvalue weighted by Crippen LogP contribution is -2.27. The molecule has 0 bridgehead atoms. The number of ether oxygens (including phenoxy) is 1. The van der Waals surface area contributed by atoms with Gasteiger partial charge in [0.1, 0.15) is 5.75 Å². The highest BCUT2D eigenvalue weighted by molar-refractivity contribution is 9.10. The number of rotatable bonds is 5. The van der Waals surface area contributed by atoms with E-state index in [0.29, 0.717) is 19.7 Å². The van der Waals surface area contributed by atoms with Crippen molar-refractivity contribution in [2.75, 3.05) is 26.2 Å². The Hall–Kier alpha value is -0.680. The third kappa shape index (κ3) is 3.92. The molecule has 0 amide bonds. The van der Waals surface area contributed by atoms with Gasteiger partial charge in [-0.1, -0.05) is 12.1 Å². The van der Waals surface area contributed by atoms with Crippen molar-refractivity contribution >= 4 is 15.9 Å². The molecule has 0 radical (unpaired) electrons. The van der Waals surface area contributed by atoms with Crippen molar-refractivity contribution in [3.63, 3.8) is 0 Å². The minimum atomic E-state index is -2.50. The molecular formula is C13H16BrF2NO. The van der Waals surface area contributed by atoms with Gasteiger partial charge >= 0.3 is 0 Å². The zero-order valence-electron chi connectivity index (χ0n) is 10.0. The average molecular weight is 320 g/mol. The Balaban J connectivity index is 1.67. The summed E-state index contributed by atoms with van der Waals surface area (Å²) in [6, 6.07) is 7.62. The molecule has 0 saturated carbocycles. The van der Waals surface area contributed by atoms with E-state index >= 15 is 0 Å². The van der Waals surface area contributed by atoms with Crippen molar-refractivity contribution in [1.29, 1.82) is 0 Å². The number of para-hydroxylation sites is 1. The van der Waals surface area contributed by atoms with E-state index in [1.54, 1.807) is 4.90 Å². The molecule has 1 aromatic rings. The summed E-state index contributed by atoms with van der Waals surface area (Å²) < 4.78 is 32.4. The molecule has 1 heterocycles. The van der Waals surface area contributed by atoms with Gasteiger partial charge in [0.2, 0.25) is 0 Å². The highest BCUT2D eigenvalue weighted by atomic mass is 79.9. The lowest BCUT2D eigenvalue weighted by Gasteiger charge is -2.15. The summed E-state index contributed by atoms with van der Waals surface area (Å²) in [5.74, 6) is -1.70. The van der Waals surface area contributed by atoms with Crippen LogP contribution in [0, 0.1) is 0 Å². The summed E-state index contributed by atoms with van der Waals surface area (Å²) in [4.78, 5) is 1.80. The fourth-order valence-electron chi connectivity index (χ4n) is 2.03. The van der Waals surface area contributed by atoms with Crippen LogP contribution in [0.1, 0.15) is 12.8 Å². The second kappa shape index (κ2) is 5.97. The molecule has 0 N–H and O–H groups in total. The number of benzene rings is 1. The van der Waals surface area contributed by atoms with E-state index in [9.17, 15) is 8.78 Å². The SMILES string of the molecule is FC1(F)CCN(CCCOc2ccccc2Br)C1. The summed E-state index contributed by atoms with van der Waals surface area (Å²) in [5.41, 5.74) is 0. The fraction of sp³-hybridized carbons (Fsp3) is 0.538. The Morgan fingerprint density at radius 3 is 2.78 bits per heavy atom. The molecule has 1 aliphatic heterocycles. The van der Waals surface area contributed by atoms with E-state index in [4.69, 9.17) is 4.74 Å². The number of likely N-dealkylation sites (tertiary alicyclic amines) is 1. The average Bonchev–Trinajstić information content (AvgIpc) is 2.67. The quantitative estimate of drug-likeness (QED) is 0.769. The van der Waals surface area contributed by atoms with Crippen LogP contribution in [0.15, 0.2) is 28.7 Å². The largest absolute Gasteiger partial charge is 0.492 e. The van der Waals surface area contributed by atoms with Crippen molar-refractivity contribution in [3.8, 4) is 5.75 Å². The molecule has 100 valence electrons. The van der Waals surface area contributed by atoms with Gasteiger partial charge in [-0.05, 0) is 34.5 Å². The van der Waals surface area contributed by atoms with Gasteiger partial charge in [-0.15, -0.1) is 0 Å². The predicted molar refractivity (Wildman–Crippen MR) is 70.3 cm³/mol. The van der Waals surface area contributed by atoms with Gasteiger partial charge in [0.05, 0.1) is 17.6 Å². The number of hydrogen-bond acceptors (Lipinski definition) is 2. The molecule has 2 rings (SSSR count). The summed E-state index contributed by atoms with van der Waals surface area (Å²) in [7, 11) is 0. The predicted octanol–water partition coefficient (Wildman–Crippen LogP) is 3.56. The number of nitrogens with zero attached hydrogens (tertiary/aromatic N) is 1. The van der Waals surface area contributed by atoms with E-state index in [1.165, 1.54) is 0 Å². The zero-order valence-corrected chi connectivity index (χ0v) is 11.6. The van der Waals surface area contributed by atoms with Crippen LogP contribution in [0.2, 0.25) is 0 Å². The number of alkyl halides is 2. The van der Waals surface area contributed by atoms with E-state index in [-0.39, 0.29) is 13.0 Å². The van der Waals surface area contributed by atoms with Crippen LogP contribution in [0.5, 0.6) is 5.75 Å². The first-order valence-corrected chi connectivity index (χ1v) is 6.84. The van der Waals surface area contributed by atoms with E-state index in [2.05, 4.69) is 15.9 Å². The van der Waals surface area contributed by atoms with Crippen LogP contribution in [0.4, 0.5) is 8.78 Å². The van der Waals surface area contributed by atoms with Crippen LogP contribution in [-0.2, 0) is 0 Å². The number of hydrogen-bond donors (Lipinski definition) is 0. The van der Waals surface area contributed by atoms with Crippen LogP contribution in [0.25, 0.3) is 0 Å². The van der Waals surface area contributed by atoms with Gasteiger partial charge in [0.15, 0.2) is 0 Å². The first kappa shape index (κ1) is 13.7. The summed E-state index contributed by atoms with van der Waals surface area (Å²) in [6.07, 6.45) is 0.746. The molecule has 0 unspecified atom stereocenters. The molecule has 0 aliphatic carbocycles. The molecule has 1 aromatic carbocycles. The van der Waals surface area contributed by atoms with Crippen molar-refractivity contribution in [1.82, 2.24) is 4.90 Å². The van der Waals surface area contributed by atoms with Gasteiger partial charge in [-0.2, -0.15) is 0 Å². The van der Waals surface area contributed by atoms with Crippen molar-refractivity contribution < 1.29 is 13.5 Å².